The number of aromatic nitrogens is 2. The molecule has 2 N–H and O–H groups in total. The van der Waals surface area contributed by atoms with E-state index in [0.29, 0.717) is 44.2 Å². The lowest BCUT2D eigenvalue weighted by molar-refractivity contribution is 0.0609. The van der Waals surface area contributed by atoms with Crippen molar-refractivity contribution in [1.82, 2.24) is 19.8 Å². The molecule has 5 rings (SSSR count). The van der Waals surface area contributed by atoms with Crippen molar-refractivity contribution in [3.8, 4) is 17.2 Å². The molecular weight excluding hydrogens is 536 g/mol. The number of amides is 2. The molecule has 1 aromatic heterocycles. The van der Waals surface area contributed by atoms with Crippen molar-refractivity contribution in [3.05, 3.63) is 42.7 Å². The van der Waals surface area contributed by atoms with Gasteiger partial charge in [0.2, 0.25) is 0 Å². The van der Waals surface area contributed by atoms with Crippen LogP contribution in [0, 0.1) is 0 Å². The number of carbonyl (C=O) groups is 1. The van der Waals surface area contributed by atoms with Gasteiger partial charge in [-0.3, -0.25) is 0 Å². The number of aliphatic hydroxyl groups is 1. The highest BCUT2D eigenvalue weighted by Crippen LogP contribution is 2.35. The van der Waals surface area contributed by atoms with Crippen LogP contribution in [-0.2, 0) is 0 Å². The van der Waals surface area contributed by atoms with Crippen LogP contribution in [0.1, 0.15) is 33.1 Å². The number of benzene rings is 2. The maximum absolute atomic E-state index is 12.9. The number of nitrogens with one attached hydrogen (secondary N) is 1. The van der Waals surface area contributed by atoms with E-state index < -0.39 is 6.10 Å². The summed E-state index contributed by atoms with van der Waals surface area (Å²) in [5, 5.41) is 14.4. The van der Waals surface area contributed by atoms with Crippen LogP contribution in [0.15, 0.2) is 42.7 Å². The van der Waals surface area contributed by atoms with E-state index in [1.54, 1.807) is 18.3 Å². The number of carbonyl (C=O) groups excluding carboxylic acids is 1. The minimum atomic E-state index is -0.587. The number of hydrogen-bond donors (Lipinski definition) is 2. The Kier molecular flexibility index (Phi) is 9.81. The Labute approximate surface area is 247 Å². The van der Waals surface area contributed by atoms with Crippen LogP contribution < -0.4 is 24.4 Å². The summed E-state index contributed by atoms with van der Waals surface area (Å²) in [4.78, 5) is 28.2. The average molecular weight is 579 g/mol. The van der Waals surface area contributed by atoms with Crippen molar-refractivity contribution in [2.75, 3.05) is 69.7 Å². The van der Waals surface area contributed by atoms with Crippen molar-refractivity contribution in [2.45, 2.75) is 45.3 Å². The molecule has 2 aromatic carbocycles. The first-order chi connectivity index (χ1) is 20.4. The number of urea groups is 1. The Morgan fingerprint density at radius 3 is 2.40 bits per heavy atom. The van der Waals surface area contributed by atoms with Crippen molar-refractivity contribution in [3.63, 3.8) is 0 Å². The standard InChI is InChI=1S/C31H42N6O5/c1-22(2)42-25-9-7-23(8-10-25)34-31(39)37-15-13-36(14-16-37)30-26-17-28(40-3)29(18-27(26)32-21-33-30)41-20-24(38)19-35-11-5-4-6-12-35/h7-10,17-18,21-22,24,38H,4-6,11-16,19-20H2,1-3H3,(H,34,39). The lowest BCUT2D eigenvalue weighted by atomic mass is 10.1. The SMILES string of the molecule is COc1cc2c(N3CCN(C(=O)Nc4ccc(OC(C)C)cc4)CC3)ncnc2cc1OCC(O)CN1CCCCC1. The zero-order chi connectivity index (χ0) is 29.5. The number of piperidine rings is 1. The first-order valence-corrected chi connectivity index (χ1v) is 14.8. The third-order valence-corrected chi connectivity index (χ3v) is 7.59. The fraction of sp³-hybridized carbons (Fsp3) is 0.516. The normalized spacial score (nSPS) is 16.9. The lowest BCUT2D eigenvalue weighted by Crippen LogP contribution is -2.50. The Balaban J connectivity index is 1.19. The summed E-state index contributed by atoms with van der Waals surface area (Å²) in [7, 11) is 1.60. The van der Waals surface area contributed by atoms with Crippen LogP contribution in [0.2, 0.25) is 0 Å². The summed E-state index contributed by atoms with van der Waals surface area (Å²) >= 11 is 0. The number of fused-ring (bicyclic) bond motifs is 1. The summed E-state index contributed by atoms with van der Waals surface area (Å²) in [5.74, 6) is 2.66. The third-order valence-electron chi connectivity index (χ3n) is 7.59. The minimum Gasteiger partial charge on any atom is -0.493 e. The first kappa shape index (κ1) is 29.7. The van der Waals surface area contributed by atoms with Gasteiger partial charge in [0.15, 0.2) is 11.5 Å². The van der Waals surface area contributed by atoms with Gasteiger partial charge in [-0.25, -0.2) is 14.8 Å². The second-order valence-electron chi connectivity index (χ2n) is 11.1. The van der Waals surface area contributed by atoms with Gasteiger partial charge in [0, 0.05) is 49.9 Å². The van der Waals surface area contributed by atoms with E-state index in [1.807, 2.05) is 50.2 Å². The fourth-order valence-corrected chi connectivity index (χ4v) is 5.47. The quantitative estimate of drug-likeness (QED) is 0.369. The Morgan fingerprint density at radius 1 is 0.976 bits per heavy atom. The first-order valence-electron chi connectivity index (χ1n) is 14.8. The Morgan fingerprint density at radius 2 is 1.71 bits per heavy atom. The predicted octanol–water partition coefficient (Wildman–Crippen LogP) is 4.01. The molecule has 1 unspecified atom stereocenters. The highest BCUT2D eigenvalue weighted by Gasteiger charge is 2.24. The molecule has 11 nitrogen and oxygen atoms in total. The molecule has 0 saturated carbocycles. The van der Waals surface area contributed by atoms with E-state index in [1.165, 1.54) is 19.3 Å². The molecule has 226 valence electrons. The Bertz CT molecular complexity index is 1320. The molecule has 11 heteroatoms. The molecule has 0 spiro atoms. The van der Waals surface area contributed by atoms with Gasteiger partial charge in [-0.05, 0) is 70.1 Å². The van der Waals surface area contributed by atoms with Crippen molar-refractivity contribution in [2.24, 2.45) is 0 Å². The number of likely N-dealkylation sites (tertiary alicyclic amines) is 1. The van der Waals surface area contributed by atoms with Gasteiger partial charge in [0.05, 0.1) is 18.7 Å². The average Bonchev–Trinajstić information content (AvgIpc) is 3.00. The summed E-state index contributed by atoms with van der Waals surface area (Å²) in [6.45, 7) is 9.15. The summed E-state index contributed by atoms with van der Waals surface area (Å²) in [6.07, 6.45) is 4.68. The molecular formula is C31H42N6O5. The number of nitrogens with zero attached hydrogens (tertiary/aromatic N) is 5. The number of ether oxygens (including phenoxy) is 3. The van der Waals surface area contributed by atoms with Gasteiger partial charge in [-0.1, -0.05) is 6.42 Å². The zero-order valence-electron chi connectivity index (χ0n) is 24.8. The van der Waals surface area contributed by atoms with E-state index in [0.717, 1.165) is 41.2 Å². The number of aliphatic hydroxyl groups excluding tert-OH is 1. The number of methoxy groups -OCH3 is 1. The van der Waals surface area contributed by atoms with Crippen molar-refractivity contribution >= 4 is 28.4 Å². The minimum absolute atomic E-state index is 0.0958. The highest BCUT2D eigenvalue weighted by molar-refractivity contribution is 5.92. The zero-order valence-corrected chi connectivity index (χ0v) is 24.8. The van der Waals surface area contributed by atoms with Crippen LogP contribution in [0.3, 0.4) is 0 Å². The van der Waals surface area contributed by atoms with Crippen LogP contribution in [-0.4, -0.2) is 103 Å². The number of hydrogen-bond acceptors (Lipinski definition) is 9. The van der Waals surface area contributed by atoms with Crippen LogP contribution in [0.25, 0.3) is 10.9 Å². The molecule has 2 aliphatic rings. The van der Waals surface area contributed by atoms with Gasteiger partial charge in [-0.2, -0.15) is 0 Å². The summed E-state index contributed by atoms with van der Waals surface area (Å²) < 4.78 is 17.3. The number of anilines is 2. The van der Waals surface area contributed by atoms with E-state index >= 15 is 0 Å². The van der Waals surface area contributed by atoms with Gasteiger partial charge < -0.3 is 39.3 Å². The molecule has 2 amide bonds. The van der Waals surface area contributed by atoms with Crippen molar-refractivity contribution in [1.29, 1.82) is 0 Å². The predicted molar refractivity (Wildman–Crippen MR) is 163 cm³/mol. The van der Waals surface area contributed by atoms with Gasteiger partial charge in [-0.15, -0.1) is 0 Å². The van der Waals surface area contributed by atoms with Gasteiger partial charge in [0.1, 0.15) is 30.6 Å². The molecule has 3 heterocycles. The molecule has 1 atom stereocenters. The maximum Gasteiger partial charge on any atom is 0.321 e. The Hall–Kier alpha value is -3.83. The second kappa shape index (κ2) is 13.9. The lowest BCUT2D eigenvalue weighted by Gasteiger charge is -2.35. The smallest absolute Gasteiger partial charge is 0.321 e. The van der Waals surface area contributed by atoms with Crippen LogP contribution >= 0.6 is 0 Å². The summed E-state index contributed by atoms with van der Waals surface area (Å²) in [6, 6.07) is 11.0. The molecule has 0 radical (unpaired) electrons. The monoisotopic (exact) mass is 578 g/mol. The molecule has 2 fully saturated rings. The van der Waals surface area contributed by atoms with Crippen LogP contribution in [0.5, 0.6) is 17.2 Å². The summed E-state index contributed by atoms with van der Waals surface area (Å²) in [5.41, 5.74) is 1.45. The number of β-amino-alcohol motifs (C(OH)–C–C–N with tert-alkyl or cyclic N) is 1. The fourth-order valence-electron chi connectivity index (χ4n) is 5.47. The van der Waals surface area contributed by atoms with Crippen LogP contribution in [0.4, 0.5) is 16.3 Å². The third kappa shape index (κ3) is 7.51. The van der Waals surface area contributed by atoms with Gasteiger partial charge >= 0.3 is 6.03 Å². The molecule has 2 aliphatic heterocycles. The molecule has 2 saturated heterocycles. The molecule has 3 aromatic rings. The van der Waals surface area contributed by atoms with Gasteiger partial charge in [0.25, 0.3) is 0 Å². The number of rotatable bonds is 10. The second-order valence-corrected chi connectivity index (χ2v) is 11.1. The topological polar surface area (TPSA) is 113 Å². The molecule has 42 heavy (non-hydrogen) atoms. The highest BCUT2D eigenvalue weighted by atomic mass is 16.5. The number of piperazine rings is 1. The maximum atomic E-state index is 12.9. The largest absolute Gasteiger partial charge is 0.493 e. The van der Waals surface area contributed by atoms with E-state index in [2.05, 4.69) is 25.1 Å². The molecule has 0 aliphatic carbocycles. The van der Waals surface area contributed by atoms with E-state index in [9.17, 15) is 9.90 Å². The van der Waals surface area contributed by atoms with E-state index in [4.69, 9.17) is 14.2 Å². The molecule has 0 bridgehead atoms. The van der Waals surface area contributed by atoms with E-state index in [-0.39, 0.29) is 18.7 Å². The van der Waals surface area contributed by atoms with Crippen molar-refractivity contribution < 1.29 is 24.1 Å².